The number of carbonyl (C=O) groups is 1. The van der Waals surface area contributed by atoms with E-state index < -0.39 is 0 Å². The minimum atomic E-state index is -0.198. The van der Waals surface area contributed by atoms with Crippen LogP contribution in [0.1, 0.15) is 20.8 Å². The molecule has 2 rings (SSSR count). The lowest BCUT2D eigenvalue weighted by Crippen LogP contribution is -2.11. The van der Waals surface area contributed by atoms with Crippen LogP contribution in [0.25, 0.3) is 0 Å². The molecule has 1 amide bonds. The van der Waals surface area contributed by atoms with Crippen molar-refractivity contribution in [1.82, 2.24) is 0 Å². The van der Waals surface area contributed by atoms with E-state index in [0.29, 0.717) is 16.1 Å². The second-order valence-electron chi connectivity index (χ2n) is 3.68. The van der Waals surface area contributed by atoms with Gasteiger partial charge in [-0.2, -0.15) is 5.26 Å². The van der Waals surface area contributed by atoms with Crippen molar-refractivity contribution in [2.75, 3.05) is 5.32 Å². The molecule has 90 valence electrons. The van der Waals surface area contributed by atoms with Gasteiger partial charge in [-0.3, -0.25) is 4.79 Å². The molecule has 5 heteroatoms. The van der Waals surface area contributed by atoms with Crippen molar-refractivity contribution in [2.24, 2.45) is 0 Å². The summed E-state index contributed by atoms with van der Waals surface area (Å²) in [4.78, 5) is 12.6. The molecule has 1 N–H and O–H groups in total. The van der Waals surface area contributed by atoms with E-state index >= 15 is 0 Å². The maximum absolute atomic E-state index is 12.0. The van der Waals surface area contributed by atoms with Crippen LogP contribution < -0.4 is 5.32 Å². The summed E-state index contributed by atoms with van der Waals surface area (Å²) in [6, 6.07) is 10.8. The van der Waals surface area contributed by atoms with Gasteiger partial charge in [0.2, 0.25) is 0 Å². The van der Waals surface area contributed by atoms with Crippen LogP contribution in [0, 0.1) is 18.3 Å². The lowest BCUT2D eigenvalue weighted by molar-refractivity contribution is 0.103. The van der Waals surface area contributed by atoms with Crippen LogP contribution in [0.5, 0.6) is 0 Å². The van der Waals surface area contributed by atoms with E-state index in [0.717, 1.165) is 9.35 Å². The summed E-state index contributed by atoms with van der Waals surface area (Å²) in [5.41, 5.74) is 2.02. The van der Waals surface area contributed by atoms with Crippen LogP contribution in [0.15, 0.2) is 34.1 Å². The normalized spacial score (nSPS) is 9.83. The molecule has 0 radical (unpaired) electrons. The van der Waals surface area contributed by atoms with E-state index in [1.807, 2.05) is 19.1 Å². The van der Waals surface area contributed by atoms with Gasteiger partial charge in [0, 0.05) is 0 Å². The van der Waals surface area contributed by atoms with Gasteiger partial charge in [-0.15, -0.1) is 11.3 Å². The Bertz CT molecular complexity index is 623. The Morgan fingerprint density at radius 3 is 2.78 bits per heavy atom. The summed E-state index contributed by atoms with van der Waals surface area (Å²) < 4.78 is 0.946. The van der Waals surface area contributed by atoms with Gasteiger partial charge < -0.3 is 5.32 Å². The molecule has 1 heterocycles. The van der Waals surface area contributed by atoms with Gasteiger partial charge in [-0.1, -0.05) is 12.1 Å². The third kappa shape index (κ3) is 2.61. The maximum Gasteiger partial charge on any atom is 0.265 e. The predicted molar refractivity (Wildman–Crippen MR) is 75.9 cm³/mol. The molecule has 3 nitrogen and oxygen atoms in total. The topological polar surface area (TPSA) is 52.9 Å². The van der Waals surface area contributed by atoms with Crippen molar-refractivity contribution in [2.45, 2.75) is 6.92 Å². The monoisotopic (exact) mass is 320 g/mol. The van der Waals surface area contributed by atoms with Crippen LogP contribution in [0.3, 0.4) is 0 Å². The summed E-state index contributed by atoms with van der Waals surface area (Å²) in [7, 11) is 0. The van der Waals surface area contributed by atoms with Crippen LogP contribution in [-0.4, -0.2) is 5.91 Å². The number of nitriles is 1. The van der Waals surface area contributed by atoms with Crippen molar-refractivity contribution < 1.29 is 4.79 Å². The zero-order valence-electron chi connectivity index (χ0n) is 9.53. The van der Waals surface area contributed by atoms with Crippen molar-refractivity contribution >= 4 is 38.9 Å². The molecule has 0 bridgehead atoms. The molecule has 0 aliphatic heterocycles. The van der Waals surface area contributed by atoms with Crippen LogP contribution >= 0.6 is 27.3 Å². The lowest BCUT2D eigenvalue weighted by Gasteiger charge is -2.04. The number of nitrogens with zero attached hydrogens (tertiary/aromatic N) is 1. The van der Waals surface area contributed by atoms with Gasteiger partial charge in [0.25, 0.3) is 5.91 Å². The zero-order chi connectivity index (χ0) is 13.1. The number of hydrogen-bond acceptors (Lipinski definition) is 3. The minimum Gasteiger partial charge on any atom is -0.320 e. The smallest absolute Gasteiger partial charge is 0.265 e. The maximum atomic E-state index is 12.0. The van der Waals surface area contributed by atoms with Crippen molar-refractivity contribution in [3.05, 3.63) is 50.1 Å². The SMILES string of the molecule is Cc1cc(C(=O)Nc2ccccc2C#N)sc1Br. The number of hydrogen-bond donors (Lipinski definition) is 1. The van der Waals surface area contributed by atoms with E-state index in [-0.39, 0.29) is 5.91 Å². The van der Waals surface area contributed by atoms with Crippen molar-refractivity contribution in [3.8, 4) is 6.07 Å². The first kappa shape index (κ1) is 12.8. The number of benzene rings is 1. The minimum absolute atomic E-state index is 0.198. The first-order chi connectivity index (χ1) is 8.61. The summed E-state index contributed by atoms with van der Waals surface area (Å²) in [6.45, 7) is 1.93. The molecule has 0 saturated heterocycles. The highest BCUT2D eigenvalue weighted by atomic mass is 79.9. The van der Waals surface area contributed by atoms with Crippen LogP contribution in [0.2, 0.25) is 0 Å². The molecular weight excluding hydrogens is 312 g/mol. The Morgan fingerprint density at radius 1 is 1.44 bits per heavy atom. The van der Waals surface area contributed by atoms with Gasteiger partial charge in [0.15, 0.2) is 0 Å². The Hall–Kier alpha value is -1.64. The molecule has 0 aliphatic carbocycles. The molecule has 0 atom stereocenters. The van der Waals surface area contributed by atoms with Gasteiger partial charge in [0.05, 0.1) is 19.9 Å². The fourth-order valence-electron chi connectivity index (χ4n) is 1.45. The number of aryl methyl sites for hydroxylation is 1. The third-order valence-corrected chi connectivity index (χ3v) is 4.51. The Balaban J connectivity index is 2.24. The van der Waals surface area contributed by atoms with E-state index in [1.165, 1.54) is 11.3 Å². The molecule has 1 aromatic heterocycles. The summed E-state index contributed by atoms with van der Waals surface area (Å²) in [6.07, 6.45) is 0. The van der Waals surface area contributed by atoms with E-state index in [1.54, 1.807) is 24.3 Å². The first-order valence-corrected chi connectivity index (χ1v) is 6.79. The molecule has 0 spiro atoms. The molecule has 1 aromatic carbocycles. The standard InChI is InChI=1S/C13H9BrN2OS/c1-8-6-11(18-12(8)14)13(17)16-10-5-3-2-4-9(10)7-15/h2-6H,1H3,(H,16,17). The number of anilines is 1. The molecule has 0 fully saturated rings. The number of rotatable bonds is 2. The lowest BCUT2D eigenvalue weighted by atomic mass is 10.2. The second-order valence-corrected chi connectivity index (χ2v) is 6.05. The fraction of sp³-hybridized carbons (Fsp3) is 0.0769. The largest absolute Gasteiger partial charge is 0.320 e. The highest BCUT2D eigenvalue weighted by Gasteiger charge is 2.12. The van der Waals surface area contributed by atoms with Gasteiger partial charge >= 0.3 is 0 Å². The molecule has 2 aromatic rings. The highest BCUT2D eigenvalue weighted by Crippen LogP contribution is 2.28. The molecular formula is C13H9BrN2OS. The Labute approximate surface area is 117 Å². The van der Waals surface area contributed by atoms with Crippen LogP contribution in [-0.2, 0) is 0 Å². The van der Waals surface area contributed by atoms with Gasteiger partial charge in [-0.25, -0.2) is 0 Å². The quantitative estimate of drug-likeness (QED) is 0.911. The average Bonchev–Trinajstić information content (AvgIpc) is 2.70. The number of amides is 1. The number of thiophene rings is 1. The summed E-state index contributed by atoms with van der Waals surface area (Å²) in [5.74, 6) is -0.198. The van der Waals surface area contributed by atoms with Gasteiger partial charge in [-0.05, 0) is 46.6 Å². The van der Waals surface area contributed by atoms with Crippen LogP contribution in [0.4, 0.5) is 5.69 Å². The predicted octanol–water partition coefficient (Wildman–Crippen LogP) is 3.94. The second kappa shape index (κ2) is 5.34. The first-order valence-electron chi connectivity index (χ1n) is 5.18. The fourth-order valence-corrected chi connectivity index (χ4v) is 2.88. The molecule has 18 heavy (non-hydrogen) atoms. The van der Waals surface area contributed by atoms with E-state index in [9.17, 15) is 4.79 Å². The van der Waals surface area contributed by atoms with E-state index in [2.05, 4.69) is 21.2 Å². The Kier molecular flexibility index (Phi) is 3.80. The molecule has 0 unspecified atom stereocenters. The zero-order valence-corrected chi connectivity index (χ0v) is 11.9. The Morgan fingerprint density at radius 2 is 2.17 bits per heavy atom. The molecule has 0 saturated carbocycles. The number of carbonyl (C=O) groups excluding carboxylic acids is 1. The highest BCUT2D eigenvalue weighted by molar-refractivity contribution is 9.11. The van der Waals surface area contributed by atoms with E-state index in [4.69, 9.17) is 5.26 Å². The van der Waals surface area contributed by atoms with Crippen molar-refractivity contribution in [3.63, 3.8) is 0 Å². The summed E-state index contributed by atoms with van der Waals surface area (Å²) in [5, 5.41) is 11.7. The number of halogens is 1. The van der Waals surface area contributed by atoms with Crippen molar-refractivity contribution in [1.29, 1.82) is 5.26 Å². The molecule has 0 aliphatic rings. The number of para-hydroxylation sites is 1. The number of nitrogens with one attached hydrogen (secondary N) is 1. The average molecular weight is 321 g/mol. The van der Waals surface area contributed by atoms with Gasteiger partial charge in [0.1, 0.15) is 6.07 Å². The third-order valence-electron chi connectivity index (χ3n) is 2.38. The summed E-state index contributed by atoms with van der Waals surface area (Å²) >= 11 is 4.76.